The Hall–Kier alpha value is -2.26. The highest BCUT2D eigenvalue weighted by Crippen LogP contribution is 2.37. The summed E-state index contributed by atoms with van der Waals surface area (Å²) >= 11 is 20.1. The van der Waals surface area contributed by atoms with Gasteiger partial charge in [-0.3, -0.25) is 0 Å². The average molecular weight is 1080 g/mol. The molecule has 1 saturated heterocycles. The molecule has 0 saturated carbocycles. The van der Waals surface area contributed by atoms with Gasteiger partial charge in [0.25, 0.3) is 0 Å². The molecule has 292 valence electrons. The number of fused-ring (bicyclic) bond motifs is 4. The van der Waals surface area contributed by atoms with Gasteiger partial charge in [0.15, 0.2) is 19.3 Å². The molecule has 0 radical (unpaired) electrons. The average Bonchev–Trinajstić information content (AvgIpc) is 3.93. The zero-order valence-electron chi connectivity index (χ0n) is 31.7. The number of hydrogen-bond acceptors (Lipinski definition) is 13. The number of nitrogens with two attached hydrogens (primary N) is 1. The van der Waals surface area contributed by atoms with E-state index >= 15 is 0 Å². The fourth-order valence-electron chi connectivity index (χ4n) is 5.12. The molecule has 2 N–H and O–H groups in total. The number of nitrogens with zero attached hydrogens (tertiary/aromatic N) is 6. The number of aromatic nitrogens is 4. The van der Waals surface area contributed by atoms with Crippen LogP contribution in [0, 0.1) is 0 Å². The number of nitrogen functional groups attached to an aromatic ring is 1. The van der Waals surface area contributed by atoms with E-state index < -0.39 is 0 Å². The summed E-state index contributed by atoms with van der Waals surface area (Å²) in [5, 5.41) is 2.68. The van der Waals surface area contributed by atoms with Gasteiger partial charge in [0, 0.05) is 41.6 Å². The van der Waals surface area contributed by atoms with Crippen LogP contribution in [0.5, 0.6) is 0 Å². The molecule has 18 heteroatoms. The first-order valence-electron chi connectivity index (χ1n) is 17.1. The first-order chi connectivity index (χ1) is 26.4. The first kappa shape index (κ1) is 43.3. The Balaban J connectivity index is 0.000000132. The summed E-state index contributed by atoms with van der Waals surface area (Å²) in [6.45, 7) is 8.27. The first-order valence-corrected chi connectivity index (χ1v) is 23.5. The quantitative estimate of drug-likeness (QED) is 0.173. The van der Waals surface area contributed by atoms with Crippen molar-refractivity contribution >= 4 is 178 Å². The van der Waals surface area contributed by atoms with E-state index in [1.54, 1.807) is 34.0 Å². The molecule has 5 heterocycles. The summed E-state index contributed by atoms with van der Waals surface area (Å²) in [4.78, 5) is 21.6. The minimum Gasteiger partial charge on any atom is -0.399 e. The van der Waals surface area contributed by atoms with Crippen LogP contribution in [-0.4, -0.2) is 66.4 Å². The number of thiazole rings is 4. The molecular formula is C38H38BBr4N7O2S4. The van der Waals surface area contributed by atoms with Gasteiger partial charge in [-0.25, -0.2) is 19.9 Å². The van der Waals surface area contributed by atoms with Crippen molar-refractivity contribution in [2.45, 2.75) is 38.9 Å². The lowest BCUT2D eigenvalue weighted by Crippen LogP contribution is -2.41. The van der Waals surface area contributed by atoms with Crippen molar-refractivity contribution in [2.75, 3.05) is 43.7 Å². The Morgan fingerprint density at radius 3 is 1.41 bits per heavy atom. The van der Waals surface area contributed by atoms with Crippen LogP contribution in [0.4, 0.5) is 15.4 Å². The molecule has 1 fully saturated rings. The Morgan fingerprint density at radius 2 is 0.929 bits per heavy atom. The highest BCUT2D eigenvalue weighted by Gasteiger charge is 2.51. The van der Waals surface area contributed by atoms with E-state index in [9.17, 15) is 0 Å². The highest BCUT2D eigenvalue weighted by atomic mass is 79.9. The molecule has 9 nitrogen and oxygen atoms in total. The summed E-state index contributed by atoms with van der Waals surface area (Å²) in [5.74, 6) is 0. The second-order valence-corrected chi connectivity index (χ2v) is 22.1. The van der Waals surface area contributed by atoms with Crippen LogP contribution in [0.15, 0.2) is 90.1 Å². The fourth-order valence-corrected chi connectivity index (χ4v) is 10.0. The second kappa shape index (κ2) is 17.9. The third-order valence-corrected chi connectivity index (χ3v) is 15.0. The van der Waals surface area contributed by atoms with Gasteiger partial charge in [-0.05, 0) is 116 Å². The zero-order valence-corrected chi connectivity index (χ0v) is 41.3. The summed E-state index contributed by atoms with van der Waals surface area (Å²) < 4.78 is 21.1. The monoisotopic (exact) mass is 1080 g/mol. The Bertz CT molecular complexity index is 2530. The third kappa shape index (κ3) is 10.5. The summed E-state index contributed by atoms with van der Waals surface area (Å²) in [7, 11) is 7.70. The molecule has 1 aliphatic rings. The Kier molecular flexibility index (Phi) is 13.9. The van der Waals surface area contributed by atoms with Crippen LogP contribution < -0.4 is 21.0 Å². The zero-order chi connectivity index (χ0) is 40.5. The van der Waals surface area contributed by atoms with Gasteiger partial charge in [-0.1, -0.05) is 87.9 Å². The number of anilines is 3. The molecule has 56 heavy (non-hydrogen) atoms. The molecule has 1 aliphatic heterocycles. The molecule has 0 atom stereocenters. The number of rotatable bonds is 3. The predicted molar refractivity (Wildman–Crippen MR) is 258 cm³/mol. The highest BCUT2D eigenvalue weighted by molar-refractivity contribution is 9.11. The SMILES string of the molecule is Brc1ccc2sc(Br)nc2c1.CN(C)c1nc2cc(B3OC(C)(C)C(C)(C)O3)ccc2s1.CN(C)c1nc2cc(Br)ccc2s1.Nc1nc2cc(Br)ccc2s1. The molecule has 9 rings (SSSR count). The van der Waals surface area contributed by atoms with Gasteiger partial charge >= 0.3 is 7.12 Å². The van der Waals surface area contributed by atoms with E-state index in [-0.39, 0.29) is 18.3 Å². The van der Waals surface area contributed by atoms with Crippen LogP contribution >= 0.6 is 109 Å². The van der Waals surface area contributed by atoms with Gasteiger partial charge in [-0.2, -0.15) is 0 Å². The van der Waals surface area contributed by atoms with Crippen molar-refractivity contribution in [1.29, 1.82) is 0 Å². The largest absolute Gasteiger partial charge is 0.494 e. The van der Waals surface area contributed by atoms with Crippen molar-refractivity contribution in [2.24, 2.45) is 0 Å². The van der Waals surface area contributed by atoms with Crippen LogP contribution in [-0.2, 0) is 9.31 Å². The van der Waals surface area contributed by atoms with Gasteiger partial charge < -0.3 is 24.8 Å². The maximum Gasteiger partial charge on any atom is 0.494 e. The number of benzene rings is 4. The maximum absolute atomic E-state index is 6.10. The molecule has 0 amide bonds. The van der Waals surface area contributed by atoms with Gasteiger partial charge in [0.1, 0.15) is 0 Å². The normalized spacial score (nSPS) is 14.2. The van der Waals surface area contributed by atoms with Crippen LogP contribution in [0.3, 0.4) is 0 Å². The fraction of sp³-hybridized carbons (Fsp3) is 0.263. The predicted octanol–water partition coefficient (Wildman–Crippen LogP) is 12.2. The van der Waals surface area contributed by atoms with E-state index in [1.807, 2.05) is 80.5 Å². The standard InChI is InChI=1S/C15H21BN2O2S.C9H9BrN2S.C7H3Br2NS.C7H5BrN2S/c1-14(2)15(3,4)20-16(19-14)10-7-8-12-11(9-10)17-13(21-12)18(5)6;1-12(2)9-11-7-5-6(10)3-4-8(7)13-9;2*8-4-1-2-6-5(3-4)10-7(9)11-6/h7-9H,1-6H3;3-5H,1-2H3;1-3H;1-3H,(H2,9,10). The molecule has 0 aliphatic carbocycles. The molecule has 4 aromatic heterocycles. The molecule has 8 aromatic rings. The van der Waals surface area contributed by atoms with E-state index in [0.717, 1.165) is 59.8 Å². The lowest BCUT2D eigenvalue weighted by Gasteiger charge is -2.32. The Labute approximate surface area is 376 Å². The van der Waals surface area contributed by atoms with Crippen molar-refractivity contribution in [3.63, 3.8) is 0 Å². The van der Waals surface area contributed by atoms with Crippen LogP contribution in [0.1, 0.15) is 27.7 Å². The summed E-state index contributed by atoms with van der Waals surface area (Å²) in [6.07, 6.45) is 0. The van der Waals surface area contributed by atoms with Crippen molar-refractivity contribution in [3.8, 4) is 0 Å². The lowest BCUT2D eigenvalue weighted by molar-refractivity contribution is 0.00578. The second-order valence-electron chi connectivity index (χ2n) is 14.0. The molecule has 0 bridgehead atoms. The van der Waals surface area contributed by atoms with Gasteiger partial charge in [0.2, 0.25) is 0 Å². The minimum atomic E-state index is -0.330. The topological polar surface area (TPSA) is 103 Å². The molecule has 4 aromatic carbocycles. The van der Waals surface area contributed by atoms with Gasteiger partial charge in [0.05, 0.1) is 52.1 Å². The molecule has 0 unspecified atom stereocenters. The molecule has 0 spiro atoms. The smallest absolute Gasteiger partial charge is 0.399 e. The van der Waals surface area contributed by atoms with E-state index in [4.69, 9.17) is 15.0 Å². The molecular weight excluding hydrogens is 1050 g/mol. The summed E-state index contributed by atoms with van der Waals surface area (Å²) in [5.41, 5.74) is 9.98. The maximum atomic E-state index is 6.10. The van der Waals surface area contributed by atoms with E-state index in [2.05, 4.69) is 142 Å². The minimum absolute atomic E-state index is 0.316. The Morgan fingerprint density at radius 1 is 0.536 bits per heavy atom. The lowest BCUT2D eigenvalue weighted by atomic mass is 9.79. The van der Waals surface area contributed by atoms with Crippen LogP contribution in [0.2, 0.25) is 0 Å². The van der Waals surface area contributed by atoms with Crippen molar-refractivity contribution in [3.05, 3.63) is 90.1 Å². The van der Waals surface area contributed by atoms with Gasteiger partial charge in [-0.15, -0.1) is 11.3 Å². The van der Waals surface area contributed by atoms with Crippen molar-refractivity contribution < 1.29 is 9.31 Å². The number of halogens is 4. The van der Waals surface area contributed by atoms with Crippen LogP contribution in [0.25, 0.3) is 40.9 Å². The van der Waals surface area contributed by atoms with E-state index in [0.29, 0.717) is 5.13 Å². The number of hydrogen-bond donors (Lipinski definition) is 1. The van der Waals surface area contributed by atoms with E-state index in [1.165, 1.54) is 25.4 Å². The summed E-state index contributed by atoms with van der Waals surface area (Å²) in [6, 6.07) is 24.5. The third-order valence-electron chi connectivity index (χ3n) is 8.72. The van der Waals surface area contributed by atoms with Crippen molar-refractivity contribution in [1.82, 2.24) is 19.9 Å².